The van der Waals surface area contributed by atoms with Gasteiger partial charge in [0.15, 0.2) is 0 Å². The van der Waals surface area contributed by atoms with E-state index in [-0.39, 0.29) is 13.2 Å². The molecule has 8 heteroatoms. The molecule has 0 spiro atoms. The molecule has 0 radical (unpaired) electrons. The monoisotopic (exact) mass is 499 g/mol. The third-order valence-electron chi connectivity index (χ3n) is 5.95. The molecule has 0 amide bonds. The van der Waals surface area contributed by atoms with Crippen LogP contribution in [0.1, 0.15) is 23.4 Å². The second kappa shape index (κ2) is 11.9. The van der Waals surface area contributed by atoms with E-state index >= 15 is 0 Å². The summed E-state index contributed by atoms with van der Waals surface area (Å²) in [7, 11) is 0. The molecule has 1 aliphatic rings. The molecule has 3 aromatic rings. The molecule has 2 aromatic carbocycles. The zero-order valence-electron chi connectivity index (χ0n) is 20.5. The molecule has 1 atom stereocenters. The Labute approximate surface area is 212 Å². The first-order chi connectivity index (χ1) is 16.9. The number of aromatic nitrogens is 2. The number of aliphatic hydroxyl groups is 1. The van der Waals surface area contributed by atoms with Gasteiger partial charge >= 0.3 is 0 Å². The maximum absolute atomic E-state index is 11.2. The van der Waals surface area contributed by atoms with E-state index in [1.807, 2.05) is 23.7 Å². The van der Waals surface area contributed by atoms with Gasteiger partial charge in [-0.25, -0.2) is 0 Å². The van der Waals surface area contributed by atoms with Crippen LogP contribution in [-0.4, -0.2) is 64.9 Å². The topological polar surface area (TPSA) is 69.0 Å². The Kier molecular flexibility index (Phi) is 8.68. The first-order valence-electron chi connectivity index (χ1n) is 12.0. The Hall–Kier alpha value is -2.58. The maximum atomic E-state index is 11.2. The highest BCUT2D eigenvalue weighted by Gasteiger charge is 2.33. The maximum Gasteiger partial charge on any atom is 0.134 e. The minimum absolute atomic E-state index is 0.142. The largest absolute Gasteiger partial charge is 0.494 e. The summed E-state index contributed by atoms with van der Waals surface area (Å²) in [6, 6.07) is 17.4. The van der Waals surface area contributed by atoms with Gasteiger partial charge in [0.1, 0.15) is 23.7 Å². The molecular weight excluding hydrogens is 466 g/mol. The molecule has 1 saturated heterocycles. The number of halogens is 1. The first-order valence-corrected chi connectivity index (χ1v) is 12.4. The van der Waals surface area contributed by atoms with Crippen molar-refractivity contribution in [1.29, 1.82) is 0 Å². The Balaban J connectivity index is 1.28. The van der Waals surface area contributed by atoms with Crippen LogP contribution >= 0.6 is 11.6 Å². The van der Waals surface area contributed by atoms with E-state index in [4.69, 9.17) is 25.8 Å². The minimum atomic E-state index is -1.10. The van der Waals surface area contributed by atoms with Gasteiger partial charge in [0.05, 0.1) is 25.5 Å². The van der Waals surface area contributed by atoms with E-state index in [9.17, 15) is 5.11 Å². The predicted molar refractivity (Wildman–Crippen MR) is 136 cm³/mol. The van der Waals surface area contributed by atoms with Gasteiger partial charge < -0.3 is 19.3 Å². The van der Waals surface area contributed by atoms with Crippen LogP contribution in [0.25, 0.3) is 0 Å². The lowest BCUT2D eigenvalue weighted by molar-refractivity contribution is -0.0646. The summed E-state index contributed by atoms with van der Waals surface area (Å²) in [5.41, 5.74) is 2.24. The lowest BCUT2D eigenvalue weighted by Crippen LogP contribution is -2.48. The van der Waals surface area contributed by atoms with Crippen LogP contribution in [-0.2, 0) is 17.8 Å². The fourth-order valence-electron chi connectivity index (χ4n) is 4.26. The van der Waals surface area contributed by atoms with Gasteiger partial charge in [0.25, 0.3) is 0 Å². The Morgan fingerprint density at radius 2 is 1.91 bits per heavy atom. The van der Waals surface area contributed by atoms with Crippen molar-refractivity contribution in [3.8, 4) is 11.5 Å². The number of nitrogens with zero attached hydrogens (tertiary/aromatic N) is 3. The van der Waals surface area contributed by atoms with E-state index < -0.39 is 5.60 Å². The highest BCUT2D eigenvalue weighted by molar-refractivity contribution is 6.30. The zero-order valence-corrected chi connectivity index (χ0v) is 21.2. The average molecular weight is 500 g/mol. The molecule has 0 aliphatic carbocycles. The number of ether oxygens (including phenoxy) is 3. The van der Waals surface area contributed by atoms with Crippen molar-refractivity contribution < 1.29 is 19.3 Å². The molecule has 2 heterocycles. The highest BCUT2D eigenvalue weighted by Crippen LogP contribution is 2.21. The zero-order chi connectivity index (χ0) is 24.7. The molecule has 188 valence electrons. The van der Waals surface area contributed by atoms with Gasteiger partial charge in [-0.1, -0.05) is 23.7 Å². The van der Waals surface area contributed by atoms with Crippen molar-refractivity contribution in [3.63, 3.8) is 0 Å². The molecule has 1 aromatic heterocycles. The number of benzene rings is 2. The van der Waals surface area contributed by atoms with Gasteiger partial charge in [0.2, 0.25) is 0 Å². The molecule has 35 heavy (non-hydrogen) atoms. The summed E-state index contributed by atoms with van der Waals surface area (Å²) in [5, 5.41) is 16.3. The van der Waals surface area contributed by atoms with Crippen molar-refractivity contribution in [3.05, 3.63) is 76.6 Å². The van der Waals surface area contributed by atoms with Gasteiger partial charge in [-0.05, 0) is 61.9 Å². The SMILES string of the molecule is Cc1cc(C)n(CCCOc2cccc(CN3CCOC[C@@](O)(COc4ccc(Cl)cc4)C3)c2)n1. The second-order valence-corrected chi connectivity index (χ2v) is 9.67. The molecule has 4 rings (SSSR count). The number of hydrogen-bond acceptors (Lipinski definition) is 6. The van der Waals surface area contributed by atoms with Crippen molar-refractivity contribution >= 4 is 11.6 Å². The summed E-state index contributed by atoms with van der Waals surface area (Å²) in [6.07, 6.45) is 0.885. The van der Waals surface area contributed by atoms with E-state index in [2.05, 4.69) is 35.1 Å². The van der Waals surface area contributed by atoms with E-state index in [0.717, 1.165) is 36.5 Å². The van der Waals surface area contributed by atoms with Crippen molar-refractivity contribution in [1.82, 2.24) is 14.7 Å². The minimum Gasteiger partial charge on any atom is -0.494 e. The summed E-state index contributed by atoms with van der Waals surface area (Å²) < 4.78 is 19.6. The summed E-state index contributed by atoms with van der Waals surface area (Å²) in [5.74, 6) is 1.52. The molecule has 1 fully saturated rings. The third kappa shape index (κ3) is 7.70. The second-order valence-electron chi connectivity index (χ2n) is 9.23. The molecular formula is C27H34ClN3O4. The van der Waals surface area contributed by atoms with Crippen LogP contribution in [0.2, 0.25) is 5.02 Å². The van der Waals surface area contributed by atoms with Crippen LogP contribution in [0.15, 0.2) is 54.6 Å². The van der Waals surface area contributed by atoms with Crippen LogP contribution in [0, 0.1) is 13.8 Å². The third-order valence-corrected chi connectivity index (χ3v) is 6.20. The standard InChI is InChI=1S/C27H34ClN3O4/c1-21-15-22(2)31(29-21)11-4-13-34-26-6-3-5-23(16-26)17-30-12-14-33-19-27(32,18-30)20-35-25-9-7-24(28)8-10-25/h3,5-10,15-16,32H,4,11-14,17-20H2,1-2H3/t27-/m1/s1. The molecule has 1 aliphatic heterocycles. The summed E-state index contributed by atoms with van der Waals surface area (Å²) >= 11 is 5.94. The van der Waals surface area contributed by atoms with E-state index in [1.54, 1.807) is 24.3 Å². The Morgan fingerprint density at radius 3 is 2.69 bits per heavy atom. The van der Waals surface area contributed by atoms with Gasteiger partial charge in [-0.15, -0.1) is 0 Å². The number of rotatable bonds is 10. The van der Waals surface area contributed by atoms with Crippen LogP contribution in [0.5, 0.6) is 11.5 Å². The Bertz CT molecular complexity index is 1090. The molecule has 0 saturated carbocycles. The van der Waals surface area contributed by atoms with Gasteiger partial charge in [0, 0.05) is 43.3 Å². The number of aryl methyl sites for hydroxylation is 3. The first kappa shape index (κ1) is 25.5. The fraction of sp³-hybridized carbons (Fsp3) is 0.444. The highest BCUT2D eigenvalue weighted by atomic mass is 35.5. The van der Waals surface area contributed by atoms with Gasteiger partial charge in [-0.3, -0.25) is 9.58 Å². The van der Waals surface area contributed by atoms with Gasteiger partial charge in [-0.2, -0.15) is 5.10 Å². The Morgan fingerprint density at radius 1 is 1.09 bits per heavy atom. The van der Waals surface area contributed by atoms with E-state index in [0.29, 0.717) is 37.1 Å². The fourth-order valence-corrected chi connectivity index (χ4v) is 4.39. The average Bonchev–Trinajstić information content (AvgIpc) is 3.03. The molecule has 0 unspecified atom stereocenters. The van der Waals surface area contributed by atoms with Crippen molar-refractivity contribution in [2.75, 3.05) is 39.5 Å². The van der Waals surface area contributed by atoms with E-state index in [1.165, 1.54) is 5.69 Å². The molecule has 1 N–H and O–H groups in total. The van der Waals surface area contributed by atoms with Crippen LogP contribution in [0.4, 0.5) is 0 Å². The summed E-state index contributed by atoms with van der Waals surface area (Å²) in [4.78, 5) is 2.19. The number of β-amino-alcohol motifs (C(OH)–C–C–N with tert-alkyl or cyclic N) is 1. The lowest BCUT2D eigenvalue weighted by atomic mass is 10.1. The van der Waals surface area contributed by atoms with Crippen LogP contribution < -0.4 is 9.47 Å². The smallest absolute Gasteiger partial charge is 0.134 e. The predicted octanol–water partition coefficient (Wildman–Crippen LogP) is 4.26. The van der Waals surface area contributed by atoms with Crippen molar-refractivity contribution in [2.45, 2.75) is 39.0 Å². The lowest BCUT2D eigenvalue weighted by Gasteiger charge is -2.30. The molecule has 0 bridgehead atoms. The quantitative estimate of drug-likeness (QED) is 0.420. The van der Waals surface area contributed by atoms with Crippen LogP contribution in [0.3, 0.4) is 0 Å². The number of hydrogen-bond donors (Lipinski definition) is 1. The summed E-state index contributed by atoms with van der Waals surface area (Å²) in [6.45, 7) is 8.36. The molecule has 7 nitrogen and oxygen atoms in total. The normalized spacial score (nSPS) is 18.9. The van der Waals surface area contributed by atoms with Crippen molar-refractivity contribution in [2.24, 2.45) is 0 Å².